The Morgan fingerprint density at radius 1 is 1.10 bits per heavy atom. The third-order valence-corrected chi connectivity index (χ3v) is 3.66. The summed E-state index contributed by atoms with van der Waals surface area (Å²) in [6, 6.07) is 10.9. The van der Waals surface area contributed by atoms with Gasteiger partial charge < -0.3 is 5.73 Å². The fraction of sp³-hybridized carbons (Fsp3) is 0.294. The van der Waals surface area contributed by atoms with Gasteiger partial charge in [-0.25, -0.2) is 4.39 Å². The molecule has 0 aromatic heterocycles. The Kier molecular flexibility index (Phi) is 4.79. The topological polar surface area (TPSA) is 26.0 Å². The van der Waals surface area contributed by atoms with Crippen LogP contribution in [0.5, 0.6) is 0 Å². The van der Waals surface area contributed by atoms with E-state index in [-0.39, 0.29) is 11.9 Å². The van der Waals surface area contributed by atoms with E-state index in [2.05, 4.69) is 32.0 Å². The van der Waals surface area contributed by atoms with Gasteiger partial charge in [0.25, 0.3) is 0 Å². The van der Waals surface area contributed by atoms with Crippen LogP contribution in [0, 0.1) is 19.7 Å². The highest BCUT2D eigenvalue weighted by molar-refractivity contribution is 6.31. The summed E-state index contributed by atoms with van der Waals surface area (Å²) in [5.41, 5.74) is 10.3. The molecule has 20 heavy (non-hydrogen) atoms. The van der Waals surface area contributed by atoms with E-state index in [4.69, 9.17) is 17.3 Å². The van der Waals surface area contributed by atoms with E-state index < -0.39 is 0 Å². The van der Waals surface area contributed by atoms with Gasteiger partial charge in [0.2, 0.25) is 0 Å². The molecule has 3 heteroatoms. The van der Waals surface area contributed by atoms with E-state index in [9.17, 15) is 4.39 Å². The van der Waals surface area contributed by atoms with Gasteiger partial charge in [0, 0.05) is 16.6 Å². The zero-order chi connectivity index (χ0) is 14.7. The van der Waals surface area contributed by atoms with E-state index in [1.54, 1.807) is 12.1 Å². The first-order valence-corrected chi connectivity index (χ1v) is 7.09. The normalized spacial score (nSPS) is 12.4. The largest absolute Gasteiger partial charge is 0.327 e. The fourth-order valence-corrected chi connectivity index (χ4v) is 2.79. The van der Waals surface area contributed by atoms with E-state index in [1.165, 1.54) is 22.8 Å². The van der Waals surface area contributed by atoms with E-state index in [0.29, 0.717) is 23.4 Å². The summed E-state index contributed by atoms with van der Waals surface area (Å²) in [4.78, 5) is 0. The van der Waals surface area contributed by atoms with Gasteiger partial charge in [0.15, 0.2) is 0 Å². The molecule has 0 radical (unpaired) electrons. The Morgan fingerprint density at radius 2 is 1.75 bits per heavy atom. The van der Waals surface area contributed by atoms with Gasteiger partial charge in [-0.05, 0) is 44.4 Å². The lowest BCUT2D eigenvalue weighted by molar-refractivity contribution is 0.584. The van der Waals surface area contributed by atoms with E-state index in [1.807, 2.05) is 0 Å². The summed E-state index contributed by atoms with van der Waals surface area (Å²) in [7, 11) is 0. The molecule has 0 spiro atoms. The Labute approximate surface area is 124 Å². The number of aryl methyl sites for hydroxylation is 2. The van der Waals surface area contributed by atoms with Gasteiger partial charge in [0.05, 0.1) is 0 Å². The molecular formula is C17H19ClFN. The first-order valence-electron chi connectivity index (χ1n) is 6.71. The van der Waals surface area contributed by atoms with Crippen molar-refractivity contribution >= 4 is 11.6 Å². The van der Waals surface area contributed by atoms with Crippen molar-refractivity contribution in [1.29, 1.82) is 0 Å². The quantitative estimate of drug-likeness (QED) is 0.897. The average Bonchev–Trinajstić information content (AvgIpc) is 2.32. The second kappa shape index (κ2) is 6.38. The molecule has 106 valence electrons. The van der Waals surface area contributed by atoms with Crippen LogP contribution in [0.25, 0.3) is 0 Å². The molecule has 2 aromatic rings. The maximum Gasteiger partial charge on any atom is 0.127 e. The number of halogens is 2. The minimum atomic E-state index is -0.284. The van der Waals surface area contributed by atoms with Gasteiger partial charge in [-0.2, -0.15) is 0 Å². The third-order valence-electron chi connectivity index (χ3n) is 3.31. The molecular weight excluding hydrogens is 273 g/mol. The van der Waals surface area contributed by atoms with E-state index in [0.717, 1.165) is 0 Å². The second-order valence-electron chi connectivity index (χ2n) is 5.36. The molecule has 0 aliphatic heterocycles. The summed E-state index contributed by atoms with van der Waals surface area (Å²) >= 11 is 6.03. The van der Waals surface area contributed by atoms with Crippen LogP contribution in [-0.2, 0) is 12.8 Å². The van der Waals surface area contributed by atoms with Crippen LogP contribution in [0.2, 0.25) is 5.02 Å². The van der Waals surface area contributed by atoms with Gasteiger partial charge in [-0.15, -0.1) is 0 Å². The molecule has 0 aliphatic rings. The van der Waals surface area contributed by atoms with Crippen molar-refractivity contribution in [3.63, 3.8) is 0 Å². The number of benzene rings is 2. The maximum atomic E-state index is 13.7. The summed E-state index contributed by atoms with van der Waals surface area (Å²) in [5.74, 6) is -0.284. The smallest absolute Gasteiger partial charge is 0.127 e. The van der Waals surface area contributed by atoms with Crippen LogP contribution in [0.1, 0.15) is 22.3 Å². The summed E-state index contributed by atoms with van der Waals surface area (Å²) in [6.07, 6.45) is 1.16. The lowest BCUT2D eigenvalue weighted by Gasteiger charge is -2.14. The molecule has 0 aliphatic carbocycles. The molecule has 1 unspecified atom stereocenters. The number of hydrogen-bond acceptors (Lipinski definition) is 1. The molecule has 0 fully saturated rings. The molecule has 0 saturated carbocycles. The van der Waals surface area contributed by atoms with Crippen LogP contribution in [0.3, 0.4) is 0 Å². The number of rotatable bonds is 4. The standard InChI is InChI=1S/C17H19ClFN/c1-11-6-12(2)8-13(7-11)9-14(20)10-15-16(18)4-3-5-17(15)19/h3-8,14H,9-10,20H2,1-2H3. The van der Waals surface area contributed by atoms with E-state index >= 15 is 0 Å². The molecule has 1 atom stereocenters. The highest BCUT2D eigenvalue weighted by Gasteiger charge is 2.12. The Hall–Kier alpha value is -1.38. The Balaban J connectivity index is 2.11. The Bertz CT molecular complexity index is 569. The summed E-state index contributed by atoms with van der Waals surface area (Å²) in [6.45, 7) is 4.13. The second-order valence-corrected chi connectivity index (χ2v) is 5.77. The number of hydrogen-bond donors (Lipinski definition) is 1. The minimum Gasteiger partial charge on any atom is -0.327 e. The molecule has 0 bridgehead atoms. The average molecular weight is 292 g/mol. The minimum absolute atomic E-state index is 0.148. The number of nitrogens with two attached hydrogens (primary N) is 1. The summed E-state index contributed by atoms with van der Waals surface area (Å²) < 4.78 is 13.7. The van der Waals surface area contributed by atoms with Crippen molar-refractivity contribution < 1.29 is 4.39 Å². The van der Waals surface area contributed by atoms with Crippen LogP contribution < -0.4 is 5.73 Å². The zero-order valence-electron chi connectivity index (χ0n) is 11.8. The predicted molar refractivity (Wildman–Crippen MR) is 82.7 cm³/mol. The summed E-state index contributed by atoms with van der Waals surface area (Å²) in [5, 5.41) is 0.445. The SMILES string of the molecule is Cc1cc(C)cc(CC(N)Cc2c(F)cccc2Cl)c1. The first kappa shape index (κ1) is 15.0. The van der Waals surface area contributed by atoms with Crippen molar-refractivity contribution in [3.8, 4) is 0 Å². The van der Waals surface area contributed by atoms with Crippen LogP contribution in [0.15, 0.2) is 36.4 Å². The molecule has 0 heterocycles. The van der Waals surface area contributed by atoms with Crippen molar-refractivity contribution in [1.82, 2.24) is 0 Å². The molecule has 0 amide bonds. The highest BCUT2D eigenvalue weighted by Crippen LogP contribution is 2.21. The third kappa shape index (κ3) is 3.81. The molecule has 1 nitrogen and oxygen atoms in total. The van der Waals surface area contributed by atoms with Crippen LogP contribution in [-0.4, -0.2) is 6.04 Å². The fourth-order valence-electron chi connectivity index (χ4n) is 2.55. The Morgan fingerprint density at radius 3 is 2.35 bits per heavy atom. The molecule has 2 rings (SSSR count). The first-order chi connectivity index (χ1) is 9.45. The predicted octanol–water partition coefficient (Wildman–Crippen LogP) is 4.21. The van der Waals surface area contributed by atoms with Crippen molar-refractivity contribution in [2.24, 2.45) is 5.73 Å². The maximum absolute atomic E-state index is 13.7. The van der Waals surface area contributed by atoms with Crippen molar-refractivity contribution in [2.75, 3.05) is 0 Å². The molecule has 0 saturated heterocycles. The lowest BCUT2D eigenvalue weighted by atomic mass is 9.97. The van der Waals surface area contributed by atoms with Crippen molar-refractivity contribution in [2.45, 2.75) is 32.7 Å². The molecule has 2 N–H and O–H groups in total. The van der Waals surface area contributed by atoms with Crippen LogP contribution >= 0.6 is 11.6 Å². The van der Waals surface area contributed by atoms with Gasteiger partial charge >= 0.3 is 0 Å². The zero-order valence-corrected chi connectivity index (χ0v) is 12.5. The lowest BCUT2D eigenvalue weighted by Crippen LogP contribution is -2.26. The van der Waals surface area contributed by atoms with Gasteiger partial charge in [-0.3, -0.25) is 0 Å². The monoisotopic (exact) mass is 291 g/mol. The van der Waals surface area contributed by atoms with Crippen molar-refractivity contribution in [3.05, 3.63) is 69.5 Å². The van der Waals surface area contributed by atoms with Crippen LogP contribution in [0.4, 0.5) is 4.39 Å². The van der Waals surface area contributed by atoms with Gasteiger partial charge in [-0.1, -0.05) is 47.0 Å². The molecule has 2 aromatic carbocycles. The van der Waals surface area contributed by atoms with Gasteiger partial charge in [0.1, 0.15) is 5.82 Å². The highest BCUT2D eigenvalue weighted by atomic mass is 35.5.